The first kappa shape index (κ1) is 11.1. The number of hydrazine groups is 1. The molecule has 82 valence electrons. The van der Waals surface area contributed by atoms with Gasteiger partial charge in [-0.2, -0.15) is 0 Å². The summed E-state index contributed by atoms with van der Waals surface area (Å²) in [6.07, 6.45) is 5.15. The van der Waals surface area contributed by atoms with E-state index in [1.165, 1.54) is 6.42 Å². The highest BCUT2D eigenvalue weighted by atomic mass is 35.5. The Kier molecular flexibility index (Phi) is 3.46. The average molecular weight is 246 g/mol. The van der Waals surface area contributed by atoms with Gasteiger partial charge in [-0.05, 0) is 24.5 Å². The second kappa shape index (κ2) is 4.66. The summed E-state index contributed by atoms with van der Waals surface area (Å²) in [4.78, 5) is 4.04. The maximum absolute atomic E-state index is 5.93. The summed E-state index contributed by atoms with van der Waals surface area (Å²) < 4.78 is 0. The molecule has 1 atom stereocenters. The number of hydrogen-bond acceptors (Lipinski definition) is 3. The third-order valence-electron chi connectivity index (χ3n) is 2.75. The van der Waals surface area contributed by atoms with Crippen molar-refractivity contribution < 1.29 is 0 Å². The molecule has 1 aromatic heterocycles. The molecule has 2 N–H and O–H groups in total. The van der Waals surface area contributed by atoms with Gasteiger partial charge in [0.1, 0.15) is 5.15 Å². The van der Waals surface area contributed by atoms with Crippen LogP contribution in [0.2, 0.25) is 10.2 Å². The Morgan fingerprint density at radius 3 is 2.87 bits per heavy atom. The molecule has 15 heavy (non-hydrogen) atoms. The average Bonchev–Trinajstić information content (AvgIpc) is 2.23. The van der Waals surface area contributed by atoms with Crippen LogP contribution < -0.4 is 5.84 Å². The molecule has 0 unspecified atom stereocenters. The lowest BCUT2D eigenvalue weighted by atomic mass is 9.98. The van der Waals surface area contributed by atoms with E-state index in [-0.39, 0.29) is 6.04 Å². The summed E-state index contributed by atoms with van der Waals surface area (Å²) in [7, 11) is 0. The summed E-state index contributed by atoms with van der Waals surface area (Å²) in [6, 6.07) is 2.08. The maximum atomic E-state index is 5.93. The number of piperidine rings is 1. The summed E-state index contributed by atoms with van der Waals surface area (Å²) in [6.45, 7) is 0.922. The molecular weight excluding hydrogens is 233 g/mol. The lowest BCUT2D eigenvalue weighted by Gasteiger charge is -2.31. The smallest absolute Gasteiger partial charge is 0.147 e. The van der Waals surface area contributed by atoms with Crippen molar-refractivity contribution in [3.05, 3.63) is 28.0 Å². The van der Waals surface area contributed by atoms with Crippen molar-refractivity contribution in [1.29, 1.82) is 0 Å². The largest absolute Gasteiger partial charge is 0.268 e. The Morgan fingerprint density at radius 2 is 2.20 bits per heavy atom. The number of halogens is 2. The van der Waals surface area contributed by atoms with Gasteiger partial charge in [-0.3, -0.25) is 5.84 Å². The number of nitrogens with two attached hydrogens (primary N) is 1. The van der Waals surface area contributed by atoms with Crippen molar-refractivity contribution in [3.8, 4) is 0 Å². The molecule has 1 fully saturated rings. The molecule has 1 aromatic rings. The number of aromatic nitrogens is 1. The second-order valence-electron chi connectivity index (χ2n) is 3.79. The van der Waals surface area contributed by atoms with E-state index in [2.05, 4.69) is 4.98 Å². The third-order valence-corrected chi connectivity index (χ3v) is 3.43. The molecule has 0 spiro atoms. The second-order valence-corrected chi connectivity index (χ2v) is 4.56. The quantitative estimate of drug-likeness (QED) is 0.612. The van der Waals surface area contributed by atoms with Crippen LogP contribution in [-0.4, -0.2) is 16.5 Å². The molecule has 3 nitrogen and oxygen atoms in total. The zero-order valence-electron chi connectivity index (χ0n) is 8.29. The van der Waals surface area contributed by atoms with Gasteiger partial charge in [-0.25, -0.2) is 9.99 Å². The highest BCUT2D eigenvalue weighted by molar-refractivity contribution is 6.41. The van der Waals surface area contributed by atoms with Gasteiger partial charge in [0.25, 0.3) is 0 Å². The molecule has 1 saturated heterocycles. The zero-order valence-corrected chi connectivity index (χ0v) is 9.80. The van der Waals surface area contributed by atoms with E-state index >= 15 is 0 Å². The standard InChI is InChI=1S/C10H13Cl2N3/c11-8-5-7(6-14-10(8)12)9-3-1-2-4-15(9)13/h5-6,9H,1-4,13H2/t9-/m0/s1. The van der Waals surface area contributed by atoms with Crippen LogP contribution >= 0.6 is 23.2 Å². The zero-order chi connectivity index (χ0) is 10.8. The molecular formula is C10H13Cl2N3. The van der Waals surface area contributed by atoms with Gasteiger partial charge in [0, 0.05) is 12.7 Å². The van der Waals surface area contributed by atoms with Gasteiger partial charge in [-0.1, -0.05) is 29.6 Å². The van der Waals surface area contributed by atoms with E-state index in [1.54, 1.807) is 6.20 Å². The van der Waals surface area contributed by atoms with Crippen molar-refractivity contribution in [2.24, 2.45) is 5.84 Å². The first-order chi connectivity index (χ1) is 7.18. The lowest BCUT2D eigenvalue weighted by Crippen LogP contribution is -2.38. The van der Waals surface area contributed by atoms with E-state index in [0.29, 0.717) is 10.2 Å². The monoisotopic (exact) mass is 245 g/mol. The molecule has 1 aliphatic heterocycles. The van der Waals surface area contributed by atoms with E-state index < -0.39 is 0 Å². The molecule has 2 heterocycles. The summed E-state index contributed by atoms with van der Waals surface area (Å²) in [5.74, 6) is 5.93. The van der Waals surface area contributed by atoms with Crippen molar-refractivity contribution in [3.63, 3.8) is 0 Å². The molecule has 2 rings (SSSR count). The molecule has 0 aromatic carbocycles. The van der Waals surface area contributed by atoms with Gasteiger partial charge in [-0.15, -0.1) is 0 Å². The van der Waals surface area contributed by atoms with Gasteiger partial charge >= 0.3 is 0 Å². The van der Waals surface area contributed by atoms with Crippen LogP contribution in [0.25, 0.3) is 0 Å². The minimum atomic E-state index is 0.223. The third kappa shape index (κ3) is 2.42. The number of nitrogens with zero attached hydrogens (tertiary/aromatic N) is 2. The van der Waals surface area contributed by atoms with Gasteiger partial charge in [0.15, 0.2) is 0 Å². The predicted octanol–water partition coefficient (Wildman–Crippen LogP) is 2.79. The van der Waals surface area contributed by atoms with E-state index in [1.807, 2.05) is 11.1 Å². The lowest BCUT2D eigenvalue weighted by molar-refractivity contribution is 0.151. The van der Waals surface area contributed by atoms with Crippen LogP contribution in [0.15, 0.2) is 12.3 Å². The molecule has 0 bridgehead atoms. The van der Waals surface area contributed by atoms with Gasteiger partial charge in [0.05, 0.1) is 11.1 Å². The Labute approximate surface area is 99.1 Å². The van der Waals surface area contributed by atoms with Crippen molar-refractivity contribution in [1.82, 2.24) is 9.99 Å². The fourth-order valence-electron chi connectivity index (χ4n) is 1.93. The SMILES string of the molecule is NN1CCCC[C@H]1c1cnc(Cl)c(Cl)c1. The Balaban J connectivity index is 2.24. The van der Waals surface area contributed by atoms with E-state index in [4.69, 9.17) is 29.0 Å². The summed E-state index contributed by atoms with van der Waals surface area (Å²) >= 11 is 11.7. The van der Waals surface area contributed by atoms with E-state index in [9.17, 15) is 0 Å². The summed E-state index contributed by atoms with van der Waals surface area (Å²) in [5, 5.41) is 2.69. The van der Waals surface area contributed by atoms with Gasteiger partial charge < -0.3 is 0 Å². The fourth-order valence-corrected chi connectivity index (χ4v) is 2.21. The number of hydrogen-bond donors (Lipinski definition) is 1. The topological polar surface area (TPSA) is 42.1 Å². The molecule has 0 amide bonds. The van der Waals surface area contributed by atoms with Crippen LogP contribution in [-0.2, 0) is 0 Å². The van der Waals surface area contributed by atoms with E-state index in [0.717, 1.165) is 24.9 Å². The number of pyridine rings is 1. The molecule has 1 aliphatic rings. The normalized spacial score (nSPS) is 23.0. The molecule has 0 aliphatic carbocycles. The van der Waals surface area contributed by atoms with Gasteiger partial charge in [0.2, 0.25) is 0 Å². The van der Waals surface area contributed by atoms with Crippen LogP contribution in [0.3, 0.4) is 0 Å². The summed E-state index contributed by atoms with van der Waals surface area (Å²) in [5.41, 5.74) is 1.05. The van der Waals surface area contributed by atoms with Crippen LogP contribution in [0.5, 0.6) is 0 Å². The highest BCUT2D eigenvalue weighted by Gasteiger charge is 2.22. The first-order valence-electron chi connectivity index (χ1n) is 5.01. The predicted molar refractivity (Wildman–Crippen MR) is 61.7 cm³/mol. The molecule has 5 heteroatoms. The van der Waals surface area contributed by atoms with Crippen LogP contribution in [0.4, 0.5) is 0 Å². The maximum Gasteiger partial charge on any atom is 0.147 e. The fraction of sp³-hybridized carbons (Fsp3) is 0.500. The molecule has 0 saturated carbocycles. The Morgan fingerprint density at radius 1 is 1.40 bits per heavy atom. The minimum Gasteiger partial charge on any atom is -0.268 e. The van der Waals surface area contributed by atoms with Crippen molar-refractivity contribution in [2.45, 2.75) is 25.3 Å². The molecule has 0 radical (unpaired) electrons. The Hall–Kier alpha value is -0.350. The highest BCUT2D eigenvalue weighted by Crippen LogP contribution is 2.30. The Bertz CT molecular complexity index is 357. The minimum absolute atomic E-state index is 0.223. The van der Waals surface area contributed by atoms with Crippen LogP contribution in [0.1, 0.15) is 30.9 Å². The van der Waals surface area contributed by atoms with Crippen molar-refractivity contribution >= 4 is 23.2 Å². The number of rotatable bonds is 1. The van der Waals surface area contributed by atoms with Crippen molar-refractivity contribution in [2.75, 3.05) is 6.54 Å². The first-order valence-corrected chi connectivity index (χ1v) is 5.76. The van der Waals surface area contributed by atoms with Crippen LogP contribution in [0, 0.1) is 0 Å².